The first-order valence-electron chi connectivity index (χ1n) is 20.0. The van der Waals surface area contributed by atoms with E-state index in [2.05, 4.69) is 216 Å². The summed E-state index contributed by atoms with van der Waals surface area (Å²) in [6.45, 7) is 0. The number of benzene rings is 9. The van der Waals surface area contributed by atoms with Crippen LogP contribution in [0, 0.1) is 0 Å². The van der Waals surface area contributed by atoms with E-state index in [1.54, 1.807) is 0 Å². The Morgan fingerprint density at radius 1 is 0.414 bits per heavy atom. The summed E-state index contributed by atoms with van der Waals surface area (Å²) >= 11 is 1.93. The maximum Gasteiger partial charge on any atom is 0.0754 e. The molecule has 0 saturated heterocycles. The highest BCUT2D eigenvalue weighted by Gasteiger charge is 2.51. The summed E-state index contributed by atoms with van der Waals surface area (Å²) in [6, 6.07) is 76.4. The molecule has 3 heteroatoms. The largest absolute Gasteiger partial charge is 0.311 e. The molecular weight excluding hydrogens is 721 g/mol. The smallest absolute Gasteiger partial charge is 0.0754 e. The highest BCUT2D eigenvalue weighted by atomic mass is 32.1. The van der Waals surface area contributed by atoms with Gasteiger partial charge in [0.25, 0.3) is 0 Å². The van der Waals surface area contributed by atoms with Gasteiger partial charge < -0.3 is 9.47 Å². The van der Waals surface area contributed by atoms with Gasteiger partial charge in [0.15, 0.2) is 0 Å². The fourth-order valence-electron chi connectivity index (χ4n) is 10.4. The molecule has 3 heterocycles. The van der Waals surface area contributed by atoms with Crippen molar-refractivity contribution in [2.24, 2.45) is 0 Å². The van der Waals surface area contributed by atoms with Crippen molar-refractivity contribution in [2.75, 3.05) is 4.90 Å². The van der Waals surface area contributed by atoms with Gasteiger partial charge in [-0.15, -0.1) is 11.3 Å². The first kappa shape index (κ1) is 31.9. The maximum atomic E-state index is 2.57. The highest BCUT2D eigenvalue weighted by molar-refractivity contribution is 7.26. The third-order valence-corrected chi connectivity index (χ3v) is 14.0. The second-order valence-electron chi connectivity index (χ2n) is 15.6. The molecule has 0 bridgehead atoms. The van der Waals surface area contributed by atoms with Gasteiger partial charge >= 0.3 is 0 Å². The molecule has 9 aromatic carbocycles. The number of thiophene rings is 1. The van der Waals surface area contributed by atoms with Crippen molar-refractivity contribution in [1.29, 1.82) is 0 Å². The third-order valence-electron chi connectivity index (χ3n) is 12.8. The van der Waals surface area contributed by atoms with Crippen LogP contribution in [0.1, 0.15) is 22.3 Å². The van der Waals surface area contributed by atoms with Gasteiger partial charge in [-0.3, -0.25) is 0 Å². The van der Waals surface area contributed by atoms with Crippen molar-refractivity contribution in [3.63, 3.8) is 0 Å². The molecule has 1 aliphatic carbocycles. The first-order chi connectivity index (χ1) is 28.8. The average molecular weight is 755 g/mol. The van der Waals surface area contributed by atoms with Gasteiger partial charge in [0.2, 0.25) is 0 Å². The van der Waals surface area contributed by atoms with Gasteiger partial charge in [-0.1, -0.05) is 140 Å². The summed E-state index contributed by atoms with van der Waals surface area (Å²) in [6.07, 6.45) is 0. The molecule has 1 aliphatic heterocycles. The Labute approximate surface area is 340 Å². The highest BCUT2D eigenvalue weighted by Crippen LogP contribution is 2.62. The minimum Gasteiger partial charge on any atom is -0.311 e. The van der Waals surface area contributed by atoms with E-state index in [0.29, 0.717) is 0 Å². The lowest BCUT2D eigenvalue weighted by atomic mass is 9.65. The molecule has 11 aromatic rings. The van der Waals surface area contributed by atoms with Gasteiger partial charge in [0, 0.05) is 48.0 Å². The fraction of sp³-hybridized carbons (Fsp3) is 0.0182. The standard InChI is InChI=1S/C55H34N2S/c1-3-15-37(16-4-1)56(38-17-5-2-6-18-38)39-30-27-35(28-31-39)36-29-32-51-43(33-36)44-34-48-53-52(54(44)58-51)42-21-9-13-25-49(42)57(53)50-26-14-12-24-47(50)55(48)45-22-10-7-19-40(45)41-20-8-11-23-46(41)55/h1-34H. The molecule has 0 amide bonds. The molecule has 0 unspecified atom stereocenters. The van der Waals surface area contributed by atoms with E-state index in [-0.39, 0.29) is 0 Å². The molecule has 0 saturated carbocycles. The van der Waals surface area contributed by atoms with Crippen LogP contribution < -0.4 is 4.90 Å². The fourth-order valence-corrected chi connectivity index (χ4v) is 11.7. The Morgan fingerprint density at radius 3 is 1.69 bits per heavy atom. The van der Waals surface area contributed by atoms with Crippen LogP contribution in [0.15, 0.2) is 206 Å². The van der Waals surface area contributed by atoms with E-state index in [4.69, 9.17) is 0 Å². The first-order valence-corrected chi connectivity index (χ1v) is 20.8. The Bertz CT molecular complexity index is 3360. The second kappa shape index (κ2) is 11.9. The summed E-state index contributed by atoms with van der Waals surface area (Å²) in [5, 5.41) is 5.29. The van der Waals surface area contributed by atoms with Gasteiger partial charge in [-0.05, 0) is 111 Å². The molecule has 1 spiro atoms. The Kier molecular flexibility index (Phi) is 6.56. The molecule has 0 atom stereocenters. The molecule has 2 aliphatic rings. The van der Waals surface area contributed by atoms with Crippen LogP contribution in [0.3, 0.4) is 0 Å². The lowest BCUT2D eigenvalue weighted by molar-refractivity contribution is 0.750. The number of rotatable bonds is 4. The lowest BCUT2D eigenvalue weighted by Gasteiger charge is -2.39. The number of fused-ring (bicyclic) bond motifs is 16. The number of para-hydroxylation sites is 4. The molecule has 2 aromatic heterocycles. The van der Waals surface area contributed by atoms with Crippen molar-refractivity contribution < 1.29 is 0 Å². The molecule has 0 N–H and O–H groups in total. The molecule has 58 heavy (non-hydrogen) atoms. The molecule has 0 radical (unpaired) electrons. The van der Waals surface area contributed by atoms with Crippen LogP contribution in [-0.4, -0.2) is 4.57 Å². The van der Waals surface area contributed by atoms with Crippen molar-refractivity contribution in [2.45, 2.75) is 5.41 Å². The quantitative estimate of drug-likeness (QED) is 0.174. The summed E-state index contributed by atoms with van der Waals surface area (Å²) in [5.41, 5.74) is 17.3. The van der Waals surface area contributed by atoms with E-state index in [1.807, 2.05) is 11.3 Å². The minimum absolute atomic E-state index is 0.467. The lowest BCUT2D eigenvalue weighted by Crippen LogP contribution is -2.33. The van der Waals surface area contributed by atoms with Gasteiger partial charge in [0.1, 0.15) is 0 Å². The van der Waals surface area contributed by atoms with E-state index in [9.17, 15) is 0 Å². The minimum atomic E-state index is -0.467. The third kappa shape index (κ3) is 4.16. The Morgan fingerprint density at radius 2 is 0.983 bits per heavy atom. The van der Waals surface area contributed by atoms with Crippen LogP contribution in [0.4, 0.5) is 17.1 Å². The molecular formula is C55H34N2S. The van der Waals surface area contributed by atoms with Crippen LogP contribution >= 0.6 is 11.3 Å². The van der Waals surface area contributed by atoms with E-state index in [0.717, 1.165) is 17.1 Å². The van der Waals surface area contributed by atoms with Gasteiger partial charge in [-0.2, -0.15) is 0 Å². The normalized spacial score (nSPS) is 13.3. The van der Waals surface area contributed by atoms with Crippen LogP contribution in [0.25, 0.3) is 69.9 Å². The molecule has 13 rings (SSSR count). The van der Waals surface area contributed by atoms with Crippen LogP contribution in [0.5, 0.6) is 0 Å². The van der Waals surface area contributed by atoms with E-state index < -0.39 is 5.41 Å². The van der Waals surface area contributed by atoms with Crippen molar-refractivity contribution >= 4 is 70.4 Å². The Hall–Kier alpha value is -7.20. The second-order valence-corrected chi connectivity index (χ2v) is 16.7. The van der Waals surface area contributed by atoms with Crippen molar-refractivity contribution in [1.82, 2.24) is 4.57 Å². The zero-order valence-corrected chi connectivity index (χ0v) is 32.2. The monoisotopic (exact) mass is 754 g/mol. The van der Waals surface area contributed by atoms with E-state index >= 15 is 0 Å². The predicted molar refractivity (Wildman–Crippen MR) is 245 cm³/mol. The molecule has 2 nitrogen and oxygen atoms in total. The summed E-state index contributed by atoms with van der Waals surface area (Å²) in [5.74, 6) is 0. The van der Waals surface area contributed by atoms with Crippen molar-refractivity contribution in [3.05, 3.63) is 229 Å². The van der Waals surface area contributed by atoms with Gasteiger partial charge in [-0.25, -0.2) is 0 Å². The van der Waals surface area contributed by atoms with Crippen LogP contribution in [0.2, 0.25) is 0 Å². The zero-order valence-electron chi connectivity index (χ0n) is 31.4. The molecule has 0 fully saturated rings. The number of hydrogen-bond donors (Lipinski definition) is 0. The number of nitrogens with zero attached hydrogens (tertiary/aromatic N) is 2. The topological polar surface area (TPSA) is 8.17 Å². The van der Waals surface area contributed by atoms with Crippen molar-refractivity contribution in [3.8, 4) is 27.9 Å². The van der Waals surface area contributed by atoms with Crippen LogP contribution in [-0.2, 0) is 5.41 Å². The predicted octanol–water partition coefficient (Wildman–Crippen LogP) is 15.0. The zero-order chi connectivity index (χ0) is 38.0. The number of aromatic nitrogens is 1. The van der Waals surface area contributed by atoms with E-state index in [1.165, 1.54) is 92.2 Å². The number of hydrogen-bond acceptors (Lipinski definition) is 2. The van der Waals surface area contributed by atoms with Gasteiger partial charge in [0.05, 0.1) is 22.1 Å². The maximum absolute atomic E-state index is 2.57. The average Bonchev–Trinajstić information content (AvgIpc) is 3.94. The summed E-state index contributed by atoms with van der Waals surface area (Å²) in [7, 11) is 0. The number of anilines is 3. The Balaban J connectivity index is 1.07. The summed E-state index contributed by atoms with van der Waals surface area (Å²) < 4.78 is 5.23. The SMILES string of the molecule is c1ccc(N(c2ccccc2)c2ccc(-c3ccc4sc5c(cc6c7c5c5ccccc5n7-c5ccccc5C65c6ccccc6-c6ccccc65)c4c3)cc2)cc1. The summed E-state index contributed by atoms with van der Waals surface area (Å²) in [4.78, 5) is 2.32. The molecule has 270 valence electrons.